The van der Waals surface area contributed by atoms with Crippen LogP contribution in [0.3, 0.4) is 0 Å². The zero-order chi connectivity index (χ0) is 17.3. The molecule has 0 saturated heterocycles. The standard InChI is InChI=1S/C18H19NO5/c1-11-4-6-12(7-5-11)16-17(22-2)14-10-13(19(20)21)8-9-15(14)24-18(16)23-3/h4-10,16-18H,1-3H3/t16-,17-,18-/m1/s1. The van der Waals surface area contributed by atoms with Crippen molar-refractivity contribution in [2.75, 3.05) is 14.2 Å². The van der Waals surface area contributed by atoms with Gasteiger partial charge >= 0.3 is 0 Å². The second-order valence-corrected chi connectivity index (χ2v) is 5.79. The van der Waals surface area contributed by atoms with E-state index in [0.29, 0.717) is 11.3 Å². The third kappa shape index (κ3) is 2.86. The van der Waals surface area contributed by atoms with Crippen LogP contribution in [0.4, 0.5) is 5.69 Å². The lowest BCUT2D eigenvalue weighted by Gasteiger charge is -2.38. The number of hydrogen-bond donors (Lipinski definition) is 0. The van der Waals surface area contributed by atoms with E-state index in [2.05, 4.69) is 0 Å². The van der Waals surface area contributed by atoms with Crippen molar-refractivity contribution in [2.45, 2.75) is 25.2 Å². The minimum absolute atomic E-state index is 0.0120. The molecule has 0 bridgehead atoms. The van der Waals surface area contributed by atoms with Gasteiger partial charge in [0.2, 0.25) is 6.29 Å². The number of hydrogen-bond acceptors (Lipinski definition) is 5. The van der Waals surface area contributed by atoms with E-state index in [1.165, 1.54) is 12.1 Å². The molecule has 2 aromatic rings. The molecule has 6 heteroatoms. The second-order valence-electron chi connectivity index (χ2n) is 5.79. The minimum Gasteiger partial charge on any atom is -0.464 e. The molecule has 0 N–H and O–H groups in total. The summed E-state index contributed by atoms with van der Waals surface area (Å²) in [5.74, 6) is 0.317. The molecular weight excluding hydrogens is 310 g/mol. The van der Waals surface area contributed by atoms with E-state index in [1.54, 1.807) is 20.3 Å². The number of fused-ring (bicyclic) bond motifs is 1. The number of methoxy groups -OCH3 is 2. The van der Waals surface area contributed by atoms with Crippen LogP contribution in [0.5, 0.6) is 5.75 Å². The Morgan fingerprint density at radius 3 is 2.38 bits per heavy atom. The van der Waals surface area contributed by atoms with Gasteiger partial charge in [0, 0.05) is 31.9 Å². The van der Waals surface area contributed by atoms with Gasteiger partial charge < -0.3 is 14.2 Å². The molecule has 0 aliphatic carbocycles. The Bertz CT molecular complexity index is 744. The highest BCUT2D eigenvalue weighted by molar-refractivity contribution is 5.48. The second kappa shape index (κ2) is 6.59. The van der Waals surface area contributed by atoms with Crippen molar-refractivity contribution in [3.05, 3.63) is 69.3 Å². The first kappa shape index (κ1) is 16.4. The fourth-order valence-electron chi connectivity index (χ4n) is 3.10. The summed E-state index contributed by atoms with van der Waals surface area (Å²) in [4.78, 5) is 10.7. The highest BCUT2D eigenvalue weighted by Crippen LogP contribution is 2.46. The number of nitrogens with zero attached hydrogens (tertiary/aromatic N) is 1. The SMILES string of the molecule is CO[C@@H]1Oc2ccc([N+](=O)[O-])cc2[C@@H](OC)[C@H]1c1ccc(C)cc1. The largest absolute Gasteiger partial charge is 0.464 e. The van der Waals surface area contributed by atoms with E-state index in [9.17, 15) is 10.1 Å². The predicted octanol–water partition coefficient (Wildman–Crippen LogP) is 3.74. The summed E-state index contributed by atoms with van der Waals surface area (Å²) in [7, 11) is 3.17. The Labute approximate surface area is 140 Å². The molecule has 0 fully saturated rings. The summed E-state index contributed by atoms with van der Waals surface area (Å²) < 4.78 is 17.1. The van der Waals surface area contributed by atoms with Gasteiger partial charge in [-0.25, -0.2) is 0 Å². The monoisotopic (exact) mass is 329 g/mol. The Balaban J connectivity index is 2.09. The van der Waals surface area contributed by atoms with Crippen LogP contribution in [-0.4, -0.2) is 25.4 Å². The summed E-state index contributed by atoms with van der Waals surface area (Å²) in [5.41, 5.74) is 2.81. The molecule has 1 aliphatic heterocycles. The Morgan fingerprint density at radius 2 is 1.79 bits per heavy atom. The molecule has 0 amide bonds. The molecule has 3 rings (SSSR count). The van der Waals surface area contributed by atoms with Crippen molar-refractivity contribution in [2.24, 2.45) is 0 Å². The van der Waals surface area contributed by atoms with Crippen LogP contribution in [0.15, 0.2) is 42.5 Å². The molecule has 1 aliphatic rings. The van der Waals surface area contributed by atoms with Crippen molar-refractivity contribution >= 4 is 5.69 Å². The van der Waals surface area contributed by atoms with Crippen molar-refractivity contribution in [1.82, 2.24) is 0 Å². The van der Waals surface area contributed by atoms with Crippen LogP contribution in [0.2, 0.25) is 0 Å². The predicted molar refractivity (Wildman–Crippen MR) is 88.2 cm³/mol. The molecule has 0 saturated carbocycles. The molecule has 0 unspecified atom stereocenters. The molecule has 0 radical (unpaired) electrons. The van der Waals surface area contributed by atoms with Crippen LogP contribution in [0, 0.1) is 17.0 Å². The lowest BCUT2D eigenvalue weighted by atomic mass is 9.85. The first-order valence-corrected chi connectivity index (χ1v) is 7.62. The van der Waals surface area contributed by atoms with Gasteiger partial charge in [-0.2, -0.15) is 0 Å². The lowest BCUT2D eigenvalue weighted by Crippen LogP contribution is -2.36. The van der Waals surface area contributed by atoms with Crippen molar-refractivity contribution in [3.63, 3.8) is 0 Å². The third-order valence-corrected chi connectivity index (χ3v) is 4.32. The van der Waals surface area contributed by atoms with Gasteiger partial charge in [-0.05, 0) is 18.6 Å². The van der Waals surface area contributed by atoms with Gasteiger partial charge in [-0.3, -0.25) is 10.1 Å². The normalized spacial score (nSPS) is 22.5. The zero-order valence-electron chi connectivity index (χ0n) is 13.8. The topological polar surface area (TPSA) is 70.8 Å². The molecule has 24 heavy (non-hydrogen) atoms. The van der Waals surface area contributed by atoms with E-state index in [0.717, 1.165) is 11.1 Å². The Kier molecular flexibility index (Phi) is 4.51. The summed E-state index contributed by atoms with van der Waals surface area (Å²) in [6.45, 7) is 2.02. The van der Waals surface area contributed by atoms with Gasteiger partial charge in [0.15, 0.2) is 0 Å². The third-order valence-electron chi connectivity index (χ3n) is 4.32. The van der Waals surface area contributed by atoms with Gasteiger partial charge in [0.25, 0.3) is 5.69 Å². The number of benzene rings is 2. The summed E-state index contributed by atoms with van der Waals surface area (Å²) in [6.07, 6.45) is -0.937. The Morgan fingerprint density at radius 1 is 1.08 bits per heavy atom. The molecular formula is C18H19NO5. The van der Waals surface area contributed by atoms with E-state index in [-0.39, 0.29) is 11.6 Å². The van der Waals surface area contributed by atoms with E-state index in [4.69, 9.17) is 14.2 Å². The van der Waals surface area contributed by atoms with Crippen molar-refractivity contribution in [3.8, 4) is 5.75 Å². The van der Waals surface area contributed by atoms with Gasteiger partial charge in [0.05, 0.1) is 16.9 Å². The maximum Gasteiger partial charge on any atom is 0.270 e. The van der Waals surface area contributed by atoms with Gasteiger partial charge in [-0.1, -0.05) is 29.8 Å². The van der Waals surface area contributed by atoms with E-state index < -0.39 is 17.3 Å². The van der Waals surface area contributed by atoms with Crippen LogP contribution >= 0.6 is 0 Å². The van der Waals surface area contributed by atoms with E-state index >= 15 is 0 Å². The molecule has 0 aromatic heterocycles. The number of non-ortho nitro benzene ring substituents is 1. The minimum atomic E-state index is -0.536. The molecule has 2 aromatic carbocycles. The number of aryl methyl sites for hydroxylation is 1. The summed E-state index contributed by atoms with van der Waals surface area (Å²) in [6, 6.07) is 12.6. The van der Waals surface area contributed by atoms with E-state index in [1.807, 2.05) is 31.2 Å². The number of nitro groups is 1. The van der Waals surface area contributed by atoms with Crippen LogP contribution in [0.1, 0.15) is 28.7 Å². The molecule has 3 atom stereocenters. The fourth-order valence-corrected chi connectivity index (χ4v) is 3.10. The average Bonchev–Trinajstić information content (AvgIpc) is 2.60. The number of ether oxygens (including phenoxy) is 3. The highest BCUT2D eigenvalue weighted by Gasteiger charge is 2.40. The molecule has 6 nitrogen and oxygen atoms in total. The molecule has 126 valence electrons. The zero-order valence-corrected chi connectivity index (χ0v) is 13.8. The number of rotatable bonds is 4. The Hall–Kier alpha value is -2.44. The summed E-state index contributed by atoms with van der Waals surface area (Å²) >= 11 is 0. The van der Waals surface area contributed by atoms with Crippen LogP contribution in [0.25, 0.3) is 0 Å². The summed E-state index contributed by atoms with van der Waals surface area (Å²) in [5, 5.41) is 11.1. The van der Waals surface area contributed by atoms with Gasteiger partial charge in [0.1, 0.15) is 5.75 Å². The van der Waals surface area contributed by atoms with Crippen LogP contribution in [-0.2, 0) is 9.47 Å². The van der Waals surface area contributed by atoms with Crippen LogP contribution < -0.4 is 4.74 Å². The fraction of sp³-hybridized carbons (Fsp3) is 0.333. The number of nitro benzene ring substituents is 1. The quantitative estimate of drug-likeness (QED) is 0.631. The lowest BCUT2D eigenvalue weighted by molar-refractivity contribution is -0.385. The van der Waals surface area contributed by atoms with Gasteiger partial charge in [-0.15, -0.1) is 0 Å². The maximum absolute atomic E-state index is 11.1. The first-order chi connectivity index (χ1) is 11.5. The maximum atomic E-state index is 11.1. The first-order valence-electron chi connectivity index (χ1n) is 7.62. The van der Waals surface area contributed by atoms with Crippen molar-refractivity contribution in [1.29, 1.82) is 0 Å². The molecule has 1 heterocycles. The highest BCUT2D eigenvalue weighted by atomic mass is 16.7. The average molecular weight is 329 g/mol. The smallest absolute Gasteiger partial charge is 0.270 e. The van der Waals surface area contributed by atoms with Crippen molar-refractivity contribution < 1.29 is 19.1 Å². The molecule has 0 spiro atoms.